The third-order valence-corrected chi connectivity index (χ3v) is 4.79. The van der Waals surface area contributed by atoms with Crippen LogP contribution >= 0.6 is 0 Å². The quantitative estimate of drug-likeness (QED) is 0.818. The van der Waals surface area contributed by atoms with Crippen LogP contribution in [-0.4, -0.2) is 73.3 Å². The SMILES string of the molecule is O=C(CN1CCOCC1)NCC1CCCN(c2nccc(C(F)(F)F)n2)C1. The normalized spacial score (nSPS) is 21.9. The standard InChI is InChI=1S/C17H24F3N5O2/c18-17(19,20)14-3-4-21-16(23-14)25-5-1-2-13(11-25)10-22-15(26)12-24-6-8-27-9-7-24/h3-4,13H,1-2,5-12H2,(H,22,26). The van der Waals surface area contributed by atoms with Crippen molar-refractivity contribution in [1.82, 2.24) is 20.2 Å². The summed E-state index contributed by atoms with van der Waals surface area (Å²) in [5, 5.41) is 2.94. The van der Waals surface area contributed by atoms with E-state index in [0.717, 1.165) is 38.2 Å². The molecule has 1 unspecified atom stereocenters. The van der Waals surface area contributed by atoms with Crippen LogP contribution in [0.25, 0.3) is 0 Å². The van der Waals surface area contributed by atoms with E-state index in [1.807, 2.05) is 4.90 Å². The summed E-state index contributed by atoms with van der Waals surface area (Å²) in [5.74, 6) is 0.212. The van der Waals surface area contributed by atoms with Crippen LogP contribution < -0.4 is 10.2 Å². The fourth-order valence-corrected chi connectivity index (χ4v) is 3.35. The van der Waals surface area contributed by atoms with E-state index in [4.69, 9.17) is 4.74 Å². The van der Waals surface area contributed by atoms with E-state index < -0.39 is 11.9 Å². The van der Waals surface area contributed by atoms with E-state index in [2.05, 4.69) is 15.3 Å². The van der Waals surface area contributed by atoms with Crippen LogP contribution in [0.5, 0.6) is 0 Å². The summed E-state index contributed by atoms with van der Waals surface area (Å²) >= 11 is 0. The smallest absolute Gasteiger partial charge is 0.379 e. The first-order valence-electron chi connectivity index (χ1n) is 9.14. The maximum absolute atomic E-state index is 12.8. The second kappa shape index (κ2) is 8.83. The Morgan fingerprint density at radius 2 is 2.07 bits per heavy atom. The Kier molecular flexibility index (Phi) is 6.48. The molecule has 0 saturated carbocycles. The van der Waals surface area contributed by atoms with Crippen molar-refractivity contribution in [2.75, 3.05) is 57.4 Å². The minimum atomic E-state index is -4.49. The molecule has 1 atom stereocenters. The highest BCUT2D eigenvalue weighted by Crippen LogP contribution is 2.29. The van der Waals surface area contributed by atoms with Crippen LogP contribution in [0.4, 0.5) is 19.1 Å². The Labute approximate surface area is 155 Å². The first kappa shape index (κ1) is 19.8. The van der Waals surface area contributed by atoms with Crippen molar-refractivity contribution in [2.24, 2.45) is 5.92 Å². The fourth-order valence-electron chi connectivity index (χ4n) is 3.35. The number of anilines is 1. The topological polar surface area (TPSA) is 70.6 Å². The van der Waals surface area contributed by atoms with Crippen LogP contribution in [0.2, 0.25) is 0 Å². The number of piperidine rings is 1. The first-order chi connectivity index (χ1) is 12.9. The van der Waals surface area contributed by atoms with Gasteiger partial charge in [-0.3, -0.25) is 9.69 Å². The van der Waals surface area contributed by atoms with Gasteiger partial charge in [0, 0.05) is 38.9 Å². The predicted octanol–water partition coefficient (Wildman–Crippen LogP) is 1.16. The number of morpholine rings is 1. The number of hydrogen-bond acceptors (Lipinski definition) is 6. The Balaban J connectivity index is 1.50. The van der Waals surface area contributed by atoms with Gasteiger partial charge >= 0.3 is 6.18 Å². The van der Waals surface area contributed by atoms with Gasteiger partial charge in [-0.25, -0.2) is 9.97 Å². The Hall–Kier alpha value is -1.94. The Bertz CT molecular complexity index is 637. The van der Waals surface area contributed by atoms with Crippen LogP contribution in [0.15, 0.2) is 12.3 Å². The van der Waals surface area contributed by atoms with E-state index in [-0.39, 0.29) is 17.8 Å². The summed E-state index contributed by atoms with van der Waals surface area (Å²) < 4.78 is 43.8. The molecule has 1 N–H and O–H groups in total. The van der Waals surface area contributed by atoms with Crippen molar-refractivity contribution >= 4 is 11.9 Å². The molecule has 1 aromatic heterocycles. The van der Waals surface area contributed by atoms with Crippen molar-refractivity contribution in [1.29, 1.82) is 0 Å². The highest BCUT2D eigenvalue weighted by molar-refractivity contribution is 5.78. The zero-order valence-electron chi connectivity index (χ0n) is 15.0. The molecule has 2 saturated heterocycles. The lowest BCUT2D eigenvalue weighted by molar-refractivity contribution is -0.141. The van der Waals surface area contributed by atoms with Gasteiger partial charge in [0.1, 0.15) is 5.69 Å². The third kappa shape index (κ3) is 5.77. The molecule has 10 heteroatoms. The predicted molar refractivity (Wildman–Crippen MR) is 92.2 cm³/mol. The Morgan fingerprint density at radius 3 is 2.81 bits per heavy atom. The lowest BCUT2D eigenvalue weighted by Gasteiger charge is -2.33. The molecule has 2 aliphatic rings. The molecule has 1 amide bonds. The van der Waals surface area contributed by atoms with Gasteiger partial charge in [-0.15, -0.1) is 0 Å². The van der Waals surface area contributed by atoms with E-state index in [1.165, 1.54) is 0 Å². The van der Waals surface area contributed by atoms with Gasteiger partial charge in [0.25, 0.3) is 0 Å². The van der Waals surface area contributed by atoms with Gasteiger partial charge < -0.3 is 15.0 Å². The monoisotopic (exact) mass is 387 g/mol. The maximum atomic E-state index is 12.8. The molecular weight excluding hydrogens is 363 g/mol. The lowest BCUT2D eigenvalue weighted by Crippen LogP contribution is -2.46. The summed E-state index contributed by atoms with van der Waals surface area (Å²) in [4.78, 5) is 23.6. The number of halogens is 3. The number of carbonyl (C=O) groups is 1. The Morgan fingerprint density at radius 1 is 1.30 bits per heavy atom. The maximum Gasteiger partial charge on any atom is 0.433 e. The van der Waals surface area contributed by atoms with E-state index in [9.17, 15) is 18.0 Å². The van der Waals surface area contributed by atoms with Crippen LogP contribution in [0, 0.1) is 5.92 Å². The van der Waals surface area contributed by atoms with Crippen molar-refractivity contribution in [3.8, 4) is 0 Å². The molecule has 0 aromatic carbocycles. The third-order valence-electron chi connectivity index (χ3n) is 4.79. The number of carbonyl (C=O) groups excluding carboxylic acids is 1. The summed E-state index contributed by atoms with van der Waals surface area (Å²) in [6, 6.07) is 0.872. The molecule has 3 heterocycles. The number of ether oxygens (including phenoxy) is 1. The number of hydrogen-bond donors (Lipinski definition) is 1. The van der Waals surface area contributed by atoms with Crippen molar-refractivity contribution in [3.05, 3.63) is 18.0 Å². The molecule has 7 nitrogen and oxygen atoms in total. The second-order valence-electron chi connectivity index (χ2n) is 6.89. The number of aromatic nitrogens is 2. The molecule has 27 heavy (non-hydrogen) atoms. The molecule has 0 aliphatic carbocycles. The first-order valence-corrected chi connectivity index (χ1v) is 9.14. The highest BCUT2D eigenvalue weighted by atomic mass is 19.4. The molecule has 2 fully saturated rings. The largest absolute Gasteiger partial charge is 0.433 e. The van der Waals surface area contributed by atoms with Gasteiger partial charge in [0.05, 0.1) is 19.8 Å². The molecule has 0 bridgehead atoms. The van der Waals surface area contributed by atoms with Gasteiger partial charge in [-0.1, -0.05) is 0 Å². The van der Waals surface area contributed by atoms with Gasteiger partial charge in [0.2, 0.25) is 11.9 Å². The van der Waals surface area contributed by atoms with Crippen molar-refractivity contribution in [2.45, 2.75) is 19.0 Å². The number of alkyl halides is 3. The van der Waals surface area contributed by atoms with E-state index >= 15 is 0 Å². The average Bonchev–Trinajstić information content (AvgIpc) is 2.67. The van der Waals surface area contributed by atoms with Crippen molar-refractivity contribution in [3.63, 3.8) is 0 Å². The van der Waals surface area contributed by atoms with Gasteiger partial charge in [0.15, 0.2) is 0 Å². The zero-order valence-corrected chi connectivity index (χ0v) is 15.0. The fraction of sp³-hybridized carbons (Fsp3) is 0.706. The number of amides is 1. The van der Waals surface area contributed by atoms with Gasteiger partial charge in [-0.2, -0.15) is 13.2 Å². The number of nitrogens with zero attached hydrogens (tertiary/aromatic N) is 4. The molecule has 0 radical (unpaired) electrons. The minimum absolute atomic E-state index is 0.0376. The van der Waals surface area contributed by atoms with Crippen LogP contribution in [-0.2, 0) is 15.7 Å². The molecule has 2 aliphatic heterocycles. The van der Waals surface area contributed by atoms with Crippen LogP contribution in [0.1, 0.15) is 18.5 Å². The van der Waals surface area contributed by atoms with Gasteiger partial charge in [-0.05, 0) is 24.8 Å². The summed E-state index contributed by atoms with van der Waals surface area (Å²) in [6.07, 6.45) is -1.61. The zero-order chi connectivity index (χ0) is 19.3. The molecular formula is C17H24F3N5O2. The molecule has 1 aromatic rings. The highest BCUT2D eigenvalue weighted by Gasteiger charge is 2.33. The molecule has 150 valence electrons. The van der Waals surface area contributed by atoms with E-state index in [0.29, 0.717) is 39.4 Å². The second-order valence-corrected chi connectivity index (χ2v) is 6.89. The summed E-state index contributed by atoms with van der Waals surface area (Å²) in [6.45, 7) is 4.76. The van der Waals surface area contributed by atoms with E-state index in [1.54, 1.807) is 4.90 Å². The lowest BCUT2D eigenvalue weighted by atomic mass is 9.98. The number of nitrogens with one attached hydrogen (secondary N) is 1. The summed E-state index contributed by atoms with van der Waals surface area (Å²) in [7, 11) is 0. The average molecular weight is 387 g/mol. The van der Waals surface area contributed by atoms with Crippen molar-refractivity contribution < 1.29 is 22.7 Å². The van der Waals surface area contributed by atoms with Crippen LogP contribution in [0.3, 0.4) is 0 Å². The minimum Gasteiger partial charge on any atom is -0.379 e. The summed E-state index contributed by atoms with van der Waals surface area (Å²) in [5.41, 5.74) is -0.937. The molecule has 0 spiro atoms. The number of rotatable bonds is 5. The molecule has 3 rings (SSSR count).